The fourth-order valence-electron chi connectivity index (χ4n) is 3.31. The average molecular weight is 291 g/mol. The molecular weight excluding hydrogens is 266 g/mol. The summed E-state index contributed by atoms with van der Waals surface area (Å²) in [6.07, 6.45) is 0. The fraction of sp³-hybridized carbons (Fsp3) is 0.333. The van der Waals surface area contributed by atoms with E-state index in [0.717, 1.165) is 0 Å². The van der Waals surface area contributed by atoms with E-state index in [1.807, 2.05) is 0 Å². The van der Waals surface area contributed by atoms with Gasteiger partial charge in [0.15, 0.2) is 0 Å². The standard InChI is InChI=1S/C21H25N/c1-14-11-12-17-18(13-14)15(2)19(16-9-7-6-8-10-16)20(17)22-21(3,4)5/h6-13,15,22H,1-5H3. The minimum atomic E-state index is 0.0432. The Bertz CT molecular complexity index is 717. The summed E-state index contributed by atoms with van der Waals surface area (Å²) in [5.74, 6) is 0.419. The van der Waals surface area contributed by atoms with Crippen LogP contribution in [0.25, 0.3) is 11.3 Å². The van der Waals surface area contributed by atoms with Crippen molar-refractivity contribution < 1.29 is 0 Å². The van der Waals surface area contributed by atoms with Crippen molar-refractivity contribution in [2.45, 2.75) is 46.1 Å². The van der Waals surface area contributed by atoms with Gasteiger partial charge in [-0.25, -0.2) is 0 Å². The van der Waals surface area contributed by atoms with Gasteiger partial charge >= 0.3 is 0 Å². The van der Waals surface area contributed by atoms with Gasteiger partial charge in [-0.15, -0.1) is 0 Å². The van der Waals surface area contributed by atoms with Crippen LogP contribution in [0.3, 0.4) is 0 Å². The fourth-order valence-corrected chi connectivity index (χ4v) is 3.31. The summed E-state index contributed by atoms with van der Waals surface area (Å²) in [6, 6.07) is 17.6. The van der Waals surface area contributed by atoms with Gasteiger partial charge in [0.1, 0.15) is 0 Å². The van der Waals surface area contributed by atoms with E-state index < -0.39 is 0 Å². The van der Waals surface area contributed by atoms with Crippen molar-refractivity contribution in [2.75, 3.05) is 0 Å². The van der Waals surface area contributed by atoms with Crippen molar-refractivity contribution in [2.24, 2.45) is 0 Å². The molecule has 0 bridgehead atoms. The molecule has 0 saturated carbocycles. The minimum Gasteiger partial charge on any atom is -0.380 e. The Hall–Kier alpha value is -2.02. The highest BCUT2D eigenvalue weighted by Gasteiger charge is 2.30. The molecule has 1 aliphatic rings. The number of fused-ring (bicyclic) bond motifs is 1. The lowest BCUT2D eigenvalue weighted by Gasteiger charge is -2.25. The van der Waals surface area contributed by atoms with Crippen LogP contribution in [0.1, 0.15) is 55.9 Å². The summed E-state index contributed by atoms with van der Waals surface area (Å²) in [6.45, 7) is 11.2. The summed E-state index contributed by atoms with van der Waals surface area (Å²) in [7, 11) is 0. The van der Waals surface area contributed by atoms with E-state index in [4.69, 9.17) is 0 Å². The van der Waals surface area contributed by atoms with E-state index in [9.17, 15) is 0 Å². The molecule has 1 aliphatic carbocycles. The molecule has 0 spiro atoms. The molecule has 1 nitrogen and oxygen atoms in total. The maximum atomic E-state index is 3.75. The third kappa shape index (κ3) is 2.68. The molecule has 0 aliphatic heterocycles. The van der Waals surface area contributed by atoms with Crippen molar-refractivity contribution in [3.05, 3.63) is 70.8 Å². The molecule has 1 heteroatoms. The van der Waals surface area contributed by atoms with E-state index in [1.54, 1.807) is 0 Å². The molecule has 2 aromatic rings. The van der Waals surface area contributed by atoms with Crippen molar-refractivity contribution in [3.63, 3.8) is 0 Å². The Balaban J connectivity index is 2.20. The van der Waals surface area contributed by atoms with E-state index in [0.29, 0.717) is 5.92 Å². The van der Waals surface area contributed by atoms with E-state index in [1.165, 1.54) is 33.5 Å². The highest BCUT2D eigenvalue weighted by molar-refractivity contribution is 5.98. The second kappa shape index (κ2) is 5.31. The number of aryl methyl sites for hydroxylation is 1. The summed E-state index contributed by atoms with van der Waals surface area (Å²) in [5, 5.41) is 3.75. The Morgan fingerprint density at radius 3 is 2.27 bits per heavy atom. The Kier molecular flexibility index (Phi) is 3.60. The molecule has 2 aromatic carbocycles. The molecule has 0 amide bonds. The van der Waals surface area contributed by atoms with Crippen molar-refractivity contribution in [1.82, 2.24) is 5.32 Å². The average Bonchev–Trinajstić information content (AvgIpc) is 2.70. The second-order valence-electron chi connectivity index (χ2n) is 7.34. The van der Waals surface area contributed by atoms with Crippen molar-refractivity contribution >= 4 is 11.3 Å². The van der Waals surface area contributed by atoms with Gasteiger partial charge in [-0.05, 0) is 44.4 Å². The first-order valence-electron chi connectivity index (χ1n) is 8.05. The lowest BCUT2D eigenvalue weighted by molar-refractivity contribution is 0.502. The summed E-state index contributed by atoms with van der Waals surface area (Å²) in [5.41, 5.74) is 8.18. The molecule has 114 valence electrons. The zero-order valence-electron chi connectivity index (χ0n) is 14.2. The molecule has 0 fully saturated rings. The van der Waals surface area contributed by atoms with Crippen LogP contribution >= 0.6 is 0 Å². The highest BCUT2D eigenvalue weighted by Crippen LogP contribution is 2.46. The van der Waals surface area contributed by atoms with E-state index >= 15 is 0 Å². The SMILES string of the molecule is Cc1ccc2c(c1)C(C)C(c1ccccc1)=C2NC(C)(C)C. The van der Waals surface area contributed by atoms with Gasteiger partial charge in [0.2, 0.25) is 0 Å². The molecule has 0 radical (unpaired) electrons. The third-order valence-electron chi connectivity index (χ3n) is 4.23. The number of hydrogen-bond donors (Lipinski definition) is 1. The minimum absolute atomic E-state index is 0.0432. The van der Waals surface area contributed by atoms with Crippen LogP contribution in [0, 0.1) is 6.92 Å². The van der Waals surface area contributed by atoms with Gasteiger partial charge in [0, 0.05) is 22.7 Å². The molecule has 1 unspecified atom stereocenters. The zero-order valence-corrected chi connectivity index (χ0v) is 14.2. The van der Waals surface area contributed by atoms with Crippen LogP contribution in [-0.4, -0.2) is 5.54 Å². The predicted octanol–water partition coefficient (Wildman–Crippen LogP) is 5.37. The first kappa shape index (κ1) is 14.9. The Morgan fingerprint density at radius 2 is 1.64 bits per heavy atom. The number of benzene rings is 2. The summed E-state index contributed by atoms with van der Waals surface area (Å²) in [4.78, 5) is 0. The topological polar surface area (TPSA) is 12.0 Å². The van der Waals surface area contributed by atoms with Gasteiger partial charge in [-0.2, -0.15) is 0 Å². The van der Waals surface area contributed by atoms with Crippen LogP contribution in [0.2, 0.25) is 0 Å². The number of rotatable bonds is 2. The maximum absolute atomic E-state index is 3.75. The van der Waals surface area contributed by atoms with Crippen LogP contribution in [-0.2, 0) is 0 Å². The second-order valence-corrected chi connectivity index (χ2v) is 7.34. The summed E-state index contributed by atoms with van der Waals surface area (Å²) >= 11 is 0. The first-order valence-corrected chi connectivity index (χ1v) is 8.05. The third-order valence-corrected chi connectivity index (χ3v) is 4.23. The van der Waals surface area contributed by atoms with Crippen LogP contribution in [0.15, 0.2) is 48.5 Å². The molecule has 1 atom stereocenters. The lowest BCUT2D eigenvalue weighted by Crippen LogP contribution is -2.34. The lowest BCUT2D eigenvalue weighted by atomic mass is 9.92. The van der Waals surface area contributed by atoms with Gasteiger partial charge in [0.05, 0.1) is 0 Å². The van der Waals surface area contributed by atoms with Crippen molar-refractivity contribution in [3.8, 4) is 0 Å². The van der Waals surface area contributed by atoms with E-state index in [-0.39, 0.29) is 5.54 Å². The summed E-state index contributed by atoms with van der Waals surface area (Å²) < 4.78 is 0. The quantitative estimate of drug-likeness (QED) is 0.784. The monoisotopic (exact) mass is 291 g/mol. The molecule has 0 aromatic heterocycles. The maximum Gasteiger partial charge on any atom is 0.0465 e. The number of nitrogens with one attached hydrogen (secondary N) is 1. The molecule has 22 heavy (non-hydrogen) atoms. The van der Waals surface area contributed by atoms with Crippen LogP contribution in [0.4, 0.5) is 0 Å². The highest BCUT2D eigenvalue weighted by atomic mass is 15.0. The number of allylic oxidation sites excluding steroid dienone is 1. The molecule has 0 heterocycles. The predicted molar refractivity (Wildman–Crippen MR) is 95.7 cm³/mol. The Labute approximate surface area is 134 Å². The molecule has 1 N–H and O–H groups in total. The van der Waals surface area contributed by atoms with Gasteiger partial charge in [-0.1, -0.05) is 61.0 Å². The molecular formula is C21H25N. The normalized spacial score (nSPS) is 17.6. The van der Waals surface area contributed by atoms with Gasteiger partial charge in [-0.3, -0.25) is 0 Å². The first-order chi connectivity index (χ1) is 10.4. The smallest absolute Gasteiger partial charge is 0.0465 e. The van der Waals surface area contributed by atoms with Crippen molar-refractivity contribution in [1.29, 1.82) is 0 Å². The Morgan fingerprint density at radius 1 is 0.955 bits per heavy atom. The van der Waals surface area contributed by atoms with Crippen LogP contribution in [0.5, 0.6) is 0 Å². The number of hydrogen-bond acceptors (Lipinski definition) is 1. The van der Waals surface area contributed by atoms with Gasteiger partial charge in [0.25, 0.3) is 0 Å². The molecule has 3 rings (SSSR count). The largest absolute Gasteiger partial charge is 0.380 e. The molecule has 0 saturated heterocycles. The zero-order chi connectivity index (χ0) is 15.9. The van der Waals surface area contributed by atoms with Crippen LogP contribution < -0.4 is 5.32 Å². The van der Waals surface area contributed by atoms with Gasteiger partial charge < -0.3 is 5.32 Å². The van der Waals surface area contributed by atoms with E-state index in [2.05, 4.69) is 88.5 Å².